The van der Waals surface area contributed by atoms with Gasteiger partial charge < -0.3 is 14.1 Å². The lowest BCUT2D eigenvalue weighted by Gasteiger charge is -2.26. The molecule has 0 saturated heterocycles. The standard InChI is InChI=1S/C24H28N2O3/c1-18(29-21-11-9-20(10-12-21)24(2,3)4)23(27)26(17-22-8-6-14-28-22)16-19-7-5-13-25-15-19/h5-15,18H,16-17H2,1-4H3. The molecule has 1 atom stereocenters. The fourth-order valence-corrected chi connectivity index (χ4v) is 3.06. The lowest BCUT2D eigenvalue weighted by Crippen LogP contribution is -2.39. The summed E-state index contributed by atoms with van der Waals surface area (Å²) < 4.78 is 11.4. The Morgan fingerprint density at radius 1 is 1.10 bits per heavy atom. The van der Waals surface area contributed by atoms with Crippen LogP contribution in [0.15, 0.2) is 71.6 Å². The summed E-state index contributed by atoms with van der Waals surface area (Å²) in [4.78, 5) is 19.0. The first kappa shape index (κ1) is 20.6. The van der Waals surface area contributed by atoms with Gasteiger partial charge in [0.2, 0.25) is 0 Å². The Bertz CT molecular complexity index is 898. The van der Waals surface area contributed by atoms with E-state index in [-0.39, 0.29) is 11.3 Å². The molecule has 2 aromatic heterocycles. The molecule has 152 valence electrons. The van der Waals surface area contributed by atoms with E-state index in [0.717, 1.165) is 11.3 Å². The van der Waals surface area contributed by atoms with Crippen molar-refractivity contribution in [3.05, 3.63) is 84.1 Å². The van der Waals surface area contributed by atoms with Gasteiger partial charge in [0.15, 0.2) is 6.10 Å². The van der Waals surface area contributed by atoms with E-state index in [1.807, 2.05) is 48.5 Å². The molecule has 3 rings (SSSR count). The first-order valence-corrected chi connectivity index (χ1v) is 9.80. The highest BCUT2D eigenvalue weighted by molar-refractivity contribution is 5.80. The third kappa shape index (κ3) is 5.70. The number of aromatic nitrogens is 1. The van der Waals surface area contributed by atoms with Crippen molar-refractivity contribution >= 4 is 5.91 Å². The number of nitrogens with zero attached hydrogens (tertiary/aromatic N) is 2. The normalized spacial score (nSPS) is 12.4. The number of benzene rings is 1. The number of pyridine rings is 1. The fourth-order valence-electron chi connectivity index (χ4n) is 3.06. The molecule has 0 N–H and O–H groups in total. The van der Waals surface area contributed by atoms with Gasteiger partial charge in [-0.05, 0) is 53.8 Å². The minimum Gasteiger partial charge on any atom is -0.481 e. The van der Waals surface area contributed by atoms with Crippen LogP contribution in [0.3, 0.4) is 0 Å². The first-order valence-electron chi connectivity index (χ1n) is 9.80. The van der Waals surface area contributed by atoms with Gasteiger partial charge in [-0.25, -0.2) is 0 Å². The molecule has 0 aliphatic heterocycles. The highest BCUT2D eigenvalue weighted by Gasteiger charge is 2.24. The maximum Gasteiger partial charge on any atom is 0.264 e. The number of hydrogen-bond donors (Lipinski definition) is 0. The monoisotopic (exact) mass is 392 g/mol. The summed E-state index contributed by atoms with van der Waals surface area (Å²) in [5.41, 5.74) is 2.25. The van der Waals surface area contributed by atoms with Crippen LogP contribution < -0.4 is 4.74 Å². The summed E-state index contributed by atoms with van der Waals surface area (Å²) in [6.07, 6.45) is 4.47. The molecule has 5 heteroatoms. The van der Waals surface area contributed by atoms with Crippen LogP contribution in [-0.2, 0) is 23.3 Å². The van der Waals surface area contributed by atoms with E-state index in [2.05, 4.69) is 25.8 Å². The second-order valence-corrected chi connectivity index (χ2v) is 8.17. The van der Waals surface area contributed by atoms with Crippen molar-refractivity contribution in [1.29, 1.82) is 0 Å². The van der Waals surface area contributed by atoms with Crippen LogP contribution in [0, 0.1) is 0 Å². The Balaban J connectivity index is 1.71. The SMILES string of the molecule is CC(Oc1ccc(C(C)(C)C)cc1)C(=O)N(Cc1cccnc1)Cc1ccco1. The van der Waals surface area contributed by atoms with Crippen molar-refractivity contribution in [1.82, 2.24) is 9.88 Å². The summed E-state index contributed by atoms with van der Waals surface area (Å²) in [7, 11) is 0. The summed E-state index contributed by atoms with van der Waals surface area (Å²) in [6, 6.07) is 15.4. The molecule has 2 heterocycles. The third-order valence-electron chi connectivity index (χ3n) is 4.72. The molecule has 0 saturated carbocycles. The molecule has 0 radical (unpaired) electrons. The molecular formula is C24H28N2O3. The topological polar surface area (TPSA) is 55.6 Å². The smallest absolute Gasteiger partial charge is 0.264 e. The molecule has 0 aliphatic carbocycles. The van der Waals surface area contributed by atoms with Crippen molar-refractivity contribution < 1.29 is 13.9 Å². The number of carbonyl (C=O) groups excluding carboxylic acids is 1. The Hall–Kier alpha value is -3.08. The van der Waals surface area contributed by atoms with E-state index in [4.69, 9.17) is 9.15 Å². The molecule has 3 aromatic rings. The Labute approximate surface area is 172 Å². The molecule has 0 bridgehead atoms. The largest absolute Gasteiger partial charge is 0.481 e. The van der Waals surface area contributed by atoms with Crippen LogP contribution in [0.4, 0.5) is 0 Å². The third-order valence-corrected chi connectivity index (χ3v) is 4.72. The second-order valence-electron chi connectivity index (χ2n) is 8.17. The lowest BCUT2D eigenvalue weighted by molar-refractivity contribution is -0.139. The van der Waals surface area contributed by atoms with Crippen molar-refractivity contribution in [2.75, 3.05) is 0 Å². The number of hydrogen-bond acceptors (Lipinski definition) is 4. The maximum absolute atomic E-state index is 13.1. The number of amides is 1. The quantitative estimate of drug-likeness (QED) is 0.570. The van der Waals surface area contributed by atoms with Gasteiger partial charge in [0, 0.05) is 18.9 Å². The summed E-state index contributed by atoms with van der Waals surface area (Å²) in [5, 5.41) is 0. The van der Waals surface area contributed by atoms with Gasteiger partial charge in [0.25, 0.3) is 5.91 Å². The lowest BCUT2D eigenvalue weighted by atomic mass is 9.87. The molecule has 0 fully saturated rings. The van der Waals surface area contributed by atoms with Gasteiger partial charge in [-0.3, -0.25) is 9.78 Å². The molecular weight excluding hydrogens is 364 g/mol. The van der Waals surface area contributed by atoms with Gasteiger partial charge in [0.05, 0.1) is 12.8 Å². The van der Waals surface area contributed by atoms with Crippen LogP contribution in [0.5, 0.6) is 5.75 Å². The second kappa shape index (κ2) is 8.95. The average molecular weight is 392 g/mol. The molecule has 0 aliphatic rings. The van der Waals surface area contributed by atoms with Crippen LogP contribution >= 0.6 is 0 Å². The van der Waals surface area contributed by atoms with Crippen LogP contribution in [-0.4, -0.2) is 21.9 Å². The van der Waals surface area contributed by atoms with Crippen LogP contribution in [0.25, 0.3) is 0 Å². The number of ether oxygens (including phenoxy) is 1. The van der Waals surface area contributed by atoms with E-state index in [1.165, 1.54) is 5.56 Å². The highest BCUT2D eigenvalue weighted by atomic mass is 16.5. The van der Waals surface area contributed by atoms with E-state index in [0.29, 0.717) is 18.8 Å². The highest BCUT2D eigenvalue weighted by Crippen LogP contribution is 2.25. The van der Waals surface area contributed by atoms with Crippen molar-refractivity contribution in [3.8, 4) is 5.75 Å². The Morgan fingerprint density at radius 3 is 2.45 bits per heavy atom. The zero-order valence-corrected chi connectivity index (χ0v) is 17.5. The van der Waals surface area contributed by atoms with Crippen molar-refractivity contribution in [2.45, 2.75) is 52.3 Å². The van der Waals surface area contributed by atoms with Crippen molar-refractivity contribution in [2.24, 2.45) is 0 Å². The van der Waals surface area contributed by atoms with Gasteiger partial charge in [-0.15, -0.1) is 0 Å². The summed E-state index contributed by atoms with van der Waals surface area (Å²) >= 11 is 0. The van der Waals surface area contributed by atoms with E-state index < -0.39 is 6.10 Å². The Morgan fingerprint density at radius 2 is 1.86 bits per heavy atom. The maximum atomic E-state index is 13.1. The molecule has 29 heavy (non-hydrogen) atoms. The minimum absolute atomic E-state index is 0.0729. The molecule has 5 nitrogen and oxygen atoms in total. The number of furan rings is 1. The molecule has 0 spiro atoms. The first-order chi connectivity index (χ1) is 13.8. The molecule has 1 amide bonds. The molecule has 1 aromatic carbocycles. The minimum atomic E-state index is -0.623. The van der Waals surface area contributed by atoms with Gasteiger partial charge in [0.1, 0.15) is 11.5 Å². The average Bonchev–Trinajstić information content (AvgIpc) is 3.20. The zero-order chi connectivity index (χ0) is 20.9. The van der Waals surface area contributed by atoms with Crippen LogP contribution in [0.1, 0.15) is 44.6 Å². The summed E-state index contributed by atoms with van der Waals surface area (Å²) in [6.45, 7) is 9.08. The van der Waals surface area contributed by atoms with Crippen molar-refractivity contribution in [3.63, 3.8) is 0 Å². The summed E-state index contributed by atoms with van der Waals surface area (Å²) in [5.74, 6) is 1.30. The fraction of sp³-hybridized carbons (Fsp3) is 0.333. The van der Waals surface area contributed by atoms with Gasteiger partial charge in [-0.1, -0.05) is 39.0 Å². The number of carbonyl (C=O) groups is 1. The van der Waals surface area contributed by atoms with E-state index >= 15 is 0 Å². The predicted molar refractivity (Wildman–Crippen MR) is 112 cm³/mol. The van der Waals surface area contributed by atoms with Crippen LogP contribution in [0.2, 0.25) is 0 Å². The Kier molecular flexibility index (Phi) is 6.37. The van der Waals surface area contributed by atoms with Gasteiger partial charge in [-0.2, -0.15) is 0 Å². The number of rotatable bonds is 7. The zero-order valence-electron chi connectivity index (χ0n) is 17.5. The van der Waals surface area contributed by atoms with Gasteiger partial charge >= 0.3 is 0 Å². The molecule has 1 unspecified atom stereocenters. The van der Waals surface area contributed by atoms with E-state index in [1.54, 1.807) is 30.5 Å². The predicted octanol–water partition coefficient (Wildman–Crippen LogP) is 4.97. The van der Waals surface area contributed by atoms with E-state index in [9.17, 15) is 4.79 Å².